The highest BCUT2D eigenvalue weighted by Crippen LogP contribution is 2.42. The number of benzene rings is 2. The number of rotatable bonds is 3. The molecule has 1 N–H and O–H groups in total. The van der Waals surface area contributed by atoms with Crippen molar-refractivity contribution in [3.63, 3.8) is 0 Å². The average molecular weight is 346 g/mol. The number of nitrogens with one attached hydrogen (secondary N) is 1. The Morgan fingerprint density at radius 3 is 2.75 bits per heavy atom. The first-order chi connectivity index (χ1) is 11.7. The van der Waals surface area contributed by atoms with Gasteiger partial charge in [-0.2, -0.15) is 0 Å². The van der Waals surface area contributed by atoms with Crippen molar-refractivity contribution < 1.29 is 14.2 Å². The van der Waals surface area contributed by atoms with Gasteiger partial charge in [0.05, 0.1) is 12.6 Å². The van der Waals surface area contributed by atoms with Crippen molar-refractivity contribution in [1.82, 2.24) is 5.32 Å². The normalized spacial score (nSPS) is 18.4. The van der Waals surface area contributed by atoms with E-state index in [-0.39, 0.29) is 12.8 Å². The second-order valence-corrected chi connectivity index (χ2v) is 6.52. The zero-order valence-electron chi connectivity index (χ0n) is 13.8. The van der Waals surface area contributed by atoms with Crippen LogP contribution in [0.2, 0.25) is 5.02 Å². The van der Waals surface area contributed by atoms with E-state index in [1.54, 1.807) is 0 Å². The predicted octanol–water partition coefficient (Wildman–Crippen LogP) is 4.01. The van der Waals surface area contributed by atoms with Gasteiger partial charge in [0.25, 0.3) is 0 Å². The molecule has 2 aromatic carbocycles. The minimum Gasteiger partial charge on any atom is -0.494 e. The lowest BCUT2D eigenvalue weighted by Crippen LogP contribution is -2.31. The first-order valence-electron chi connectivity index (χ1n) is 8.26. The zero-order valence-corrected chi connectivity index (χ0v) is 14.6. The van der Waals surface area contributed by atoms with Gasteiger partial charge >= 0.3 is 0 Å². The molecule has 0 aromatic heterocycles. The molecule has 1 unspecified atom stereocenters. The molecule has 1 atom stereocenters. The summed E-state index contributed by atoms with van der Waals surface area (Å²) >= 11 is 6.40. The number of fused-ring (bicyclic) bond motifs is 2. The number of hydrogen-bond acceptors (Lipinski definition) is 4. The zero-order chi connectivity index (χ0) is 16.7. The molecule has 4 rings (SSSR count). The lowest BCUT2D eigenvalue weighted by Gasteiger charge is -2.29. The van der Waals surface area contributed by atoms with Crippen LogP contribution in [0.25, 0.3) is 0 Å². The molecular weight excluding hydrogens is 326 g/mol. The largest absolute Gasteiger partial charge is 0.494 e. The summed E-state index contributed by atoms with van der Waals surface area (Å²) in [4.78, 5) is 0. The minimum absolute atomic E-state index is 0.0305. The van der Waals surface area contributed by atoms with Crippen molar-refractivity contribution in [2.75, 3.05) is 19.9 Å². The van der Waals surface area contributed by atoms with E-state index in [0.717, 1.165) is 46.4 Å². The summed E-state index contributed by atoms with van der Waals surface area (Å²) in [6.07, 6.45) is 0.964. The van der Waals surface area contributed by atoms with Crippen molar-refractivity contribution in [2.45, 2.75) is 26.3 Å². The van der Waals surface area contributed by atoms with Gasteiger partial charge in [0.2, 0.25) is 6.79 Å². The first kappa shape index (κ1) is 15.6. The van der Waals surface area contributed by atoms with E-state index >= 15 is 0 Å². The van der Waals surface area contributed by atoms with Crippen LogP contribution in [0.15, 0.2) is 24.3 Å². The maximum Gasteiger partial charge on any atom is 0.231 e. The molecule has 5 heteroatoms. The maximum atomic E-state index is 6.40. The van der Waals surface area contributed by atoms with Crippen LogP contribution in [0.5, 0.6) is 17.2 Å². The van der Waals surface area contributed by atoms with Crippen molar-refractivity contribution in [3.8, 4) is 17.2 Å². The van der Waals surface area contributed by atoms with Crippen molar-refractivity contribution in [3.05, 3.63) is 51.5 Å². The topological polar surface area (TPSA) is 39.7 Å². The average Bonchev–Trinajstić information content (AvgIpc) is 3.03. The smallest absolute Gasteiger partial charge is 0.231 e. The van der Waals surface area contributed by atoms with E-state index in [0.29, 0.717) is 6.61 Å². The number of hydrogen-bond donors (Lipinski definition) is 1. The Kier molecular flexibility index (Phi) is 4.02. The molecule has 0 fully saturated rings. The van der Waals surface area contributed by atoms with Crippen LogP contribution in [0.4, 0.5) is 0 Å². The SMILES string of the molecule is CCOc1cc(C)c(Cl)cc1C1NCCc2cc3c(cc21)OCO3. The Hall–Kier alpha value is -1.91. The molecule has 4 nitrogen and oxygen atoms in total. The molecule has 126 valence electrons. The van der Waals surface area contributed by atoms with Crippen LogP contribution >= 0.6 is 11.6 Å². The quantitative estimate of drug-likeness (QED) is 0.912. The Morgan fingerprint density at radius 1 is 1.17 bits per heavy atom. The van der Waals surface area contributed by atoms with Crippen LogP contribution in [0, 0.1) is 6.92 Å². The van der Waals surface area contributed by atoms with Crippen LogP contribution < -0.4 is 19.5 Å². The molecular formula is C19H20ClNO3. The van der Waals surface area contributed by atoms with Gasteiger partial charge in [-0.3, -0.25) is 0 Å². The number of halogens is 1. The number of aryl methyl sites for hydroxylation is 1. The van der Waals surface area contributed by atoms with Crippen LogP contribution in [-0.4, -0.2) is 19.9 Å². The van der Waals surface area contributed by atoms with Gasteiger partial charge in [-0.25, -0.2) is 0 Å². The van der Waals surface area contributed by atoms with E-state index in [1.165, 1.54) is 11.1 Å². The Balaban J connectivity index is 1.83. The Bertz CT molecular complexity index is 791. The van der Waals surface area contributed by atoms with Crippen molar-refractivity contribution in [1.29, 1.82) is 0 Å². The van der Waals surface area contributed by atoms with Crippen molar-refractivity contribution >= 4 is 11.6 Å². The second-order valence-electron chi connectivity index (χ2n) is 6.11. The molecule has 2 aliphatic heterocycles. The molecule has 0 spiro atoms. The lowest BCUT2D eigenvalue weighted by molar-refractivity contribution is 0.174. The van der Waals surface area contributed by atoms with Gasteiger partial charge in [-0.1, -0.05) is 11.6 Å². The van der Waals surface area contributed by atoms with Crippen LogP contribution in [0.3, 0.4) is 0 Å². The number of ether oxygens (including phenoxy) is 3. The van der Waals surface area contributed by atoms with Crippen molar-refractivity contribution in [2.24, 2.45) is 0 Å². The van der Waals surface area contributed by atoms with Gasteiger partial charge in [-0.05, 0) is 61.2 Å². The third-order valence-corrected chi connectivity index (χ3v) is 5.00. The minimum atomic E-state index is 0.0305. The van der Waals surface area contributed by atoms with Gasteiger partial charge in [0.1, 0.15) is 5.75 Å². The van der Waals surface area contributed by atoms with E-state index in [2.05, 4.69) is 17.4 Å². The Morgan fingerprint density at radius 2 is 1.96 bits per heavy atom. The van der Waals surface area contributed by atoms with E-state index in [9.17, 15) is 0 Å². The summed E-state index contributed by atoms with van der Waals surface area (Å²) in [5.74, 6) is 2.52. The maximum absolute atomic E-state index is 6.40. The van der Waals surface area contributed by atoms with Gasteiger partial charge in [0.15, 0.2) is 11.5 Å². The summed E-state index contributed by atoms with van der Waals surface area (Å²) in [5, 5.41) is 4.35. The van der Waals surface area contributed by atoms with Crippen LogP contribution in [-0.2, 0) is 6.42 Å². The Labute approximate surface area is 146 Å². The monoisotopic (exact) mass is 345 g/mol. The molecule has 2 aliphatic rings. The summed E-state index contributed by atoms with van der Waals surface area (Å²) in [6, 6.07) is 8.24. The highest BCUT2D eigenvalue weighted by molar-refractivity contribution is 6.31. The van der Waals surface area contributed by atoms with E-state index in [1.807, 2.05) is 26.0 Å². The third kappa shape index (κ3) is 2.60. The molecule has 0 amide bonds. The lowest BCUT2D eigenvalue weighted by atomic mass is 9.88. The molecule has 24 heavy (non-hydrogen) atoms. The second kappa shape index (κ2) is 6.19. The molecule has 2 heterocycles. The van der Waals surface area contributed by atoms with E-state index < -0.39 is 0 Å². The van der Waals surface area contributed by atoms with Crippen LogP contribution in [0.1, 0.15) is 35.2 Å². The predicted molar refractivity (Wildman–Crippen MR) is 93.5 cm³/mol. The summed E-state index contributed by atoms with van der Waals surface area (Å²) in [6.45, 7) is 5.79. The summed E-state index contributed by atoms with van der Waals surface area (Å²) in [7, 11) is 0. The van der Waals surface area contributed by atoms with E-state index in [4.69, 9.17) is 25.8 Å². The molecule has 0 saturated carbocycles. The van der Waals surface area contributed by atoms with Gasteiger partial charge < -0.3 is 19.5 Å². The van der Waals surface area contributed by atoms with Gasteiger partial charge in [-0.15, -0.1) is 0 Å². The molecule has 0 radical (unpaired) electrons. The summed E-state index contributed by atoms with van der Waals surface area (Å²) < 4.78 is 17.0. The third-order valence-electron chi connectivity index (χ3n) is 4.59. The molecule has 0 aliphatic carbocycles. The standard InChI is InChI=1S/C19H20ClNO3/c1-3-22-16-6-11(2)15(20)8-14(16)19-13-9-18-17(23-10-24-18)7-12(13)4-5-21-19/h6-9,19,21H,3-5,10H2,1-2H3. The fourth-order valence-electron chi connectivity index (χ4n) is 3.40. The fraction of sp³-hybridized carbons (Fsp3) is 0.368. The summed E-state index contributed by atoms with van der Waals surface area (Å²) in [5.41, 5.74) is 4.56. The molecule has 0 saturated heterocycles. The van der Waals surface area contributed by atoms with Gasteiger partial charge in [0, 0.05) is 17.1 Å². The highest BCUT2D eigenvalue weighted by atomic mass is 35.5. The first-order valence-corrected chi connectivity index (χ1v) is 8.63. The molecule has 0 bridgehead atoms. The highest BCUT2D eigenvalue weighted by Gasteiger charge is 2.28. The fourth-order valence-corrected chi connectivity index (χ4v) is 3.57. The molecule has 2 aromatic rings.